The lowest BCUT2D eigenvalue weighted by Gasteiger charge is -2.37. The van der Waals surface area contributed by atoms with Crippen molar-refractivity contribution >= 4 is 17.7 Å². The normalized spacial score (nSPS) is 22.5. The molecule has 7 heteroatoms. The molecule has 2 bridgehead atoms. The molecule has 0 radical (unpaired) electrons. The Labute approximate surface area is 197 Å². The van der Waals surface area contributed by atoms with E-state index >= 15 is 0 Å². The topological polar surface area (TPSA) is 70.2 Å². The van der Waals surface area contributed by atoms with Crippen molar-refractivity contribution in [3.05, 3.63) is 29.8 Å². The second-order valence-corrected chi connectivity index (χ2v) is 9.53. The number of likely N-dealkylation sites (tertiary alicyclic amines) is 1. The molecule has 3 amide bonds. The summed E-state index contributed by atoms with van der Waals surface area (Å²) in [6, 6.07) is 8.47. The second-order valence-electron chi connectivity index (χ2n) is 9.53. The number of nitrogens with zero attached hydrogens (tertiary/aromatic N) is 3. The van der Waals surface area contributed by atoms with Crippen molar-refractivity contribution in [2.24, 2.45) is 0 Å². The Morgan fingerprint density at radius 1 is 0.970 bits per heavy atom. The molecule has 4 rings (SSSR count). The first-order valence-electron chi connectivity index (χ1n) is 12.7. The molecule has 33 heavy (non-hydrogen) atoms. The fourth-order valence-electron chi connectivity index (χ4n) is 5.26. The van der Waals surface area contributed by atoms with Gasteiger partial charge in [0.15, 0.2) is 0 Å². The number of amides is 3. The van der Waals surface area contributed by atoms with Crippen LogP contribution in [0.25, 0.3) is 0 Å². The molecule has 3 aliphatic rings. The van der Waals surface area contributed by atoms with Gasteiger partial charge >= 0.3 is 0 Å². The van der Waals surface area contributed by atoms with E-state index in [4.69, 9.17) is 4.74 Å². The van der Waals surface area contributed by atoms with Gasteiger partial charge < -0.3 is 19.4 Å². The van der Waals surface area contributed by atoms with Gasteiger partial charge in [-0.05, 0) is 69.1 Å². The molecule has 1 atom stereocenters. The molecule has 0 saturated carbocycles. The van der Waals surface area contributed by atoms with Gasteiger partial charge in [-0.2, -0.15) is 0 Å². The van der Waals surface area contributed by atoms with Crippen LogP contribution >= 0.6 is 0 Å². The van der Waals surface area contributed by atoms with Gasteiger partial charge in [-0.3, -0.25) is 14.4 Å². The zero-order valence-electron chi connectivity index (χ0n) is 19.7. The number of piperidine rings is 1. The number of benzene rings is 1. The van der Waals surface area contributed by atoms with Gasteiger partial charge in [0.05, 0.1) is 13.2 Å². The Kier molecular flexibility index (Phi) is 8.24. The van der Waals surface area contributed by atoms with Crippen LogP contribution in [0.15, 0.2) is 24.3 Å². The lowest BCUT2D eigenvalue weighted by Crippen LogP contribution is -2.49. The predicted molar refractivity (Wildman–Crippen MR) is 126 cm³/mol. The van der Waals surface area contributed by atoms with Gasteiger partial charge in [-0.1, -0.05) is 12.1 Å². The maximum Gasteiger partial charge on any atom is 0.242 e. The SMILES string of the molecule is O=C1CCCN1CCCC(=O)N1CCCOc2cccc(c2)CCC2CCCCN2C(=O)C1. The minimum atomic E-state index is -0.00218. The van der Waals surface area contributed by atoms with E-state index in [-0.39, 0.29) is 30.3 Å². The molecule has 7 nitrogen and oxygen atoms in total. The van der Waals surface area contributed by atoms with Crippen LogP contribution in [0.2, 0.25) is 0 Å². The molecule has 1 aromatic rings. The molecule has 2 fully saturated rings. The van der Waals surface area contributed by atoms with Crippen molar-refractivity contribution in [2.45, 2.75) is 70.3 Å². The molecular formula is C26H37N3O4. The minimum Gasteiger partial charge on any atom is -0.494 e. The van der Waals surface area contributed by atoms with Crippen LogP contribution in [0.4, 0.5) is 0 Å². The van der Waals surface area contributed by atoms with Crippen LogP contribution in [0.5, 0.6) is 5.75 Å². The van der Waals surface area contributed by atoms with E-state index in [1.54, 1.807) is 4.90 Å². The molecule has 1 unspecified atom stereocenters. The highest BCUT2D eigenvalue weighted by atomic mass is 16.5. The van der Waals surface area contributed by atoms with Gasteiger partial charge in [-0.25, -0.2) is 0 Å². The zero-order chi connectivity index (χ0) is 23.0. The van der Waals surface area contributed by atoms with Crippen molar-refractivity contribution in [3.8, 4) is 5.75 Å². The Balaban J connectivity index is 1.41. The zero-order valence-corrected chi connectivity index (χ0v) is 19.7. The van der Waals surface area contributed by atoms with E-state index in [1.165, 1.54) is 5.56 Å². The third-order valence-corrected chi connectivity index (χ3v) is 7.12. The van der Waals surface area contributed by atoms with Crippen molar-refractivity contribution in [3.63, 3.8) is 0 Å². The fraction of sp³-hybridized carbons (Fsp3) is 0.654. The average Bonchev–Trinajstić information content (AvgIpc) is 3.24. The average molecular weight is 456 g/mol. The largest absolute Gasteiger partial charge is 0.494 e. The van der Waals surface area contributed by atoms with E-state index in [1.807, 2.05) is 21.9 Å². The first-order valence-corrected chi connectivity index (χ1v) is 12.7. The summed E-state index contributed by atoms with van der Waals surface area (Å²) in [4.78, 5) is 43.8. The van der Waals surface area contributed by atoms with E-state index in [0.29, 0.717) is 45.4 Å². The Bertz CT molecular complexity index is 843. The van der Waals surface area contributed by atoms with Gasteiger partial charge in [0.25, 0.3) is 0 Å². The summed E-state index contributed by atoms with van der Waals surface area (Å²) in [7, 11) is 0. The maximum absolute atomic E-state index is 13.3. The van der Waals surface area contributed by atoms with Crippen molar-refractivity contribution in [2.75, 3.05) is 39.3 Å². The smallest absolute Gasteiger partial charge is 0.242 e. The molecule has 3 aliphatic heterocycles. The van der Waals surface area contributed by atoms with Crippen molar-refractivity contribution < 1.29 is 19.1 Å². The number of fused-ring (bicyclic) bond motifs is 3. The van der Waals surface area contributed by atoms with Crippen LogP contribution < -0.4 is 4.74 Å². The summed E-state index contributed by atoms with van der Waals surface area (Å²) < 4.78 is 5.94. The van der Waals surface area contributed by atoms with E-state index in [2.05, 4.69) is 12.1 Å². The molecule has 3 heterocycles. The maximum atomic E-state index is 13.3. The quantitative estimate of drug-likeness (QED) is 0.700. The second kappa shape index (κ2) is 11.5. The first kappa shape index (κ1) is 23.6. The molecular weight excluding hydrogens is 418 g/mol. The molecule has 0 aliphatic carbocycles. The summed E-state index contributed by atoms with van der Waals surface area (Å²) >= 11 is 0. The molecule has 1 aromatic carbocycles. The Morgan fingerprint density at radius 2 is 1.88 bits per heavy atom. The van der Waals surface area contributed by atoms with Gasteiger partial charge in [-0.15, -0.1) is 0 Å². The molecule has 0 spiro atoms. The highest BCUT2D eigenvalue weighted by Gasteiger charge is 2.29. The number of ether oxygens (including phenoxy) is 1. The van der Waals surface area contributed by atoms with Crippen molar-refractivity contribution in [1.82, 2.24) is 14.7 Å². The van der Waals surface area contributed by atoms with Crippen LogP contribution in [0.3, 0.4) is 0 Å². The van der Waals surface area contributed by atoms with Crippen LogP contribution in [-0.2, 0) is 20.8 Å². The lowest BCUT2D eigenvalue weighted by molar-refractivity contribution is -0.143. The fourth-order valence-corrected chi connectivity index (χ4v) is 5.26. The van der Waals surface area contributed by atoms with Crippen LogP contribution in [-0.4, -0.2) is 77.8 Å². The predicted octanol–water partition coefficient (Wildman–Crippen LogP) is 3.01. The Morgan fingerprint density at radius 3 is 2.73 bits per heavy atom. The van der Waals surface area contributed by atoms with E-state index in [0.717, 1.165) is 57.4 Å². The third kappa shape index (κ3) is 6.49. The Hall–Kier alpha value is -2.57. The number of carbonyl (C=O) groups is 3. The van der Waals surface area contributed by atoms with Gasteiger partial charge in [0.1, 0.15) is 5.75 Å². The van der Waals surface area contributed by atoms with Crippen LogP contribution in [0.1, 0.15) is 63.4 Å². The number of aryl methyl sites for hydroxylation is 1. The monoisotopic (exact) mass is 455 g/mol. The molecule has 2 saturated heterocycles. The highest BCUT2D eigenvalue weighted by Crippen LogP contribution is 2.24. The number of carbonyl (C=O) groups excluding carboxylic acids is 3. The molecule has 0 N–H and O–H groups in total. The standard InChI is InChI=1S/C26H37N3O4/c30-24-10-4-14-27(24)15-5-11-25(31)28-16-6-18-33-23-9-3-7-21(19-23)12-13-22-8-1-2-17-29(22)26(32)20-28/h3,7,9,19,22H,1-2,4-6,8,10-18,20H2. The third-order valence-electron chi connectivity index (χ3n) is 7.12. The summed E-state index contributed by atoms with van der Waals surface area (Å²) in [6.45, 7) is 3.36. The summed E-state index contributed by atoms with van der Waals surface area (Å²) in [5.74, 6) is 1.12. The summed E-state index contributed by atoms with van der Waals surface area (Å²) in [6.07, 6.45) is 8.28. The number of hydrogen-bond donors (Lipinski definition) is 0. The minimum absolute atomic E-state index is 0.00218. The number of rotatable bonds is 4. The van der Waals surface area contributed by atoms with E-state index < -0.39 is 0 Å². The number of hydrogen-bond acceptors (Lipinski definition) is 4. The van der Waals surface area contributed by atoms with E-state index in [9.17, 15) is 14.4 Å². The van der Waals surface area contributed by atoms with Crippen molar-refractivity contribution in [1.29, 1.82) is 0 Å². The van der Waals surface area contributed by atoms with Gasteiger partial charge in [0.2, 0.25) is 17.7 Å². The van der Waals surface area contributed by atoms with Crippen LogP contribution in [0, 0.1) is 0 Å². The molecule has 180 valence electrons. The summed E-state index contributed by atoms with van der Waals surface area (Å²) in [5.41, 5.74) is 1.25. The molecule has 0 aromatic heterocycles. The summed E-state index contributed by atoms with van der Waals surface area (Å²) in [5, 5.41) is 0. The first-order chi connectivity index (χ1) is 16.1. The highest BCUT2D eigenvalue weighted by molar-refractivity contribution is 5.85. The van der Waals surface area contributed by atoms with Gasteiger partial charge in [0, 0.05) is 45.1 Å². The lowest BCUT2D eigenvalue weighted by atomic mass is 9.95.